The summed E-state index contributed by atoms with van der Waals surface area (Å²) in [6, 6.07) is 1.60. The normalized spacial score (nSPS) is 29.7. The Hall–Kier alpha value is -0.850. The summed E-state index contributed by atoms with van der Waals surface area (Å²) >= 11 is 4.77. The molecule has 1 saturated heterocycles. The van der Waals surface area contributed by atoms with Gasteiger partial charge in [0.15, 0.2) is 6.29 Å². The van der Waals surface area contributed by atoms with Crippen LogP contribution < -0.4 is 0 Å². The summed E-state index contributed by atoms with van der Waals surface area (Å²) in [5, 5.41) is -4.11. The second kappa shape index (κ2) is 8.66. The zero-order valence-corrected chi connectivity index (χ0v) is 16.1. The smallest absolute Gasteiger partial charge is 0.348 e. The molecule has 3 rings (SSSR count). The molecule has 2 fully saturated rings. The summed E-state index contributed by atoms with van der Waals surface area (Å²) in [5.41, 5.74) is -1.41. The third kappa shape index (κ3) is 4.96. The van der Waals surface area contributed by atoms with Crippen molar-refractivity contribution >= 4 is 11.6 Å². The average molecular weight is 409 g/mol. The highest BCUT2D eigenvalue weighted by atomic mass is 35.5. The maximum Gasteiger partial charge on any atom is 0.353 e. The Labute approximate surface area is 162 Å². The van der Waals surface area contributed by atoms with Crippen LogP contribution in [0.2, 0.25) is 0 Å². The average Bonchev–Trinajstić information content (AvgIpc) is 2.61. The van der Waals surface area contributed by atoms with Gasteiger partial charge in [0.25, 0.3) is 0 Å². The van der Waals surface area contributed by atoms with Crippen molar-refractivity contribution in [3.63, 3.8) is 0 Å². The SMILES string of the molecule is CCCC1CCC(C2COC(c3cc(F)c(C(F)(F)Cl)c(F)c3)OC2)CC1. The topological polar surface area (TPSA) is 18.5 Å². The number of benzene rings is 1. The number of hydrogen-bond donors (Lipinski definition) is 0. The van der Waals surface area contributed by atoms with Gasteiger partial charge in [0.1, 0.15) is 17.2 Å². The molecule has 27 heavy (non-hydrogen) atoms. The molecule has 2 nitrogen and oxygen atoms in total. The van der Waals surface area contributed by atoms with E-state index in [2.05, 4.69) is 6.92 Å². The van der Waals surface area contributed by atoms with Crippen molar-refractivity contribution in [1.82, 2.24) is 0 Å². The van der Waals surface area contributed by atoms with Crippen LogP contribution in [0.5, 0.6) is 0 Å². The van der Waals surface area contributed by atoms with Crippen LogP contribution in [0.15, 0.2) is 12.1 Å². The molecule has 152 valence electrons. The first-order valence-corrected chi connectivity index (χ1v) is 9.96. The summed E-state index contributed by atoms with van der Waals surface area (Å²) in [6.07, 6.45) is 6.28. The van der Waals surface area contributed by atoms with Gasteiger partial charge >= 0.3 is 5.38 Å². The fourth-order valence-corrected chi connectivity index (χ4v) is 4.52. The van der Waals surface area contributed by atoms with E-state index in [9.17, 15) is 17.6 Å². The Balaban J connectivity index is 1.58. The zero-order chi connectivity index (χ0) is 19.6. The van der Waals surface area contributed by atoms with Crippen LogP contribution in [0.4, 0.5) is 17.6 Å². The van der Waals surface area contributed by atoms with Crippen molar-refractivity contribution in [2.45, 2.75) is 57.1 Å². The lowest BCUT2D eigenvalue weighted by Gasteiger charge is -2.38. The summed E-state index contributed by atoms with van der Waals surface area (Å²) in [5.74, 6) is -1.22. The maximum atomic E-state index is 13.9. The highest BCUT2D eigenvalue weighted by Crippen LogP contribution is 2.40. The molecule has 1 aliphatic heterocycles. The molecular formula is C20H25ClF4O2. The van der Waals surface area contributed by atoms with Crippen molar-refractivity contribution in [3.8, 4) is 0 Å². The molecule has 0 unspecified atom stereocenters. The van der Waals surface area contributed by atoms with Gasteiger partial charge in [-0.25, -0.2) is 8.78 Å². The van der Waals surface area contributed by atoms with Gasteiger partial charge in [-0.2, -0.15) is 8.78 Å². The fraction of sp³-hybridized carbons (Fsp3) is 0.700. The largest absolute Gasteiger partial charge is 0.353 e. The third-order valence-corrected chi connectivity index (χ3v) is 5.99. The van der Waals surface area contributed by atoms with Gasteiger partial charge in [0.05, 0.1) is 13.2 Å². The molecular weight excluding hydrogens is 384 g/mol. The molecule has 1 aromatic rings. The predicted molar refractivity (Wildman–Crippen MR) is 94.6 cm³/mol. The molecule has 0 aromatic heterocycles. The highest BCUT2D eigenvalue weighted by molar-refractivity contribution is 6.21. The summed E-state index contributed by atoms with van der Waals surface area (Å²) < 4.78 is 65.4. The first-order valence-electron chi connectivity index (χ1n) is 9.59. The van der Waals surface area contributed by atoms with Gasteiger partial charge in [0.2, 0.25) is 0 Å². The third-order valence-electron chi connectivity index (χ3n) is 5.80. The molecule has 1 saturated carbocycles. The van der Waals surface area contributed by atoms with E-state index in [0.29, 0.717) is 19.1 Å². The molecule has 1 aliphatic carbocycles. The number of hydrogen-bond acceptors (Lipinski definition) is 2. The van der Waals surface area contributed by atoms with Crippen LogP contribution in [0.1, 0.15) is 62.9 Å². The highest BCUT2D eigenvalue weighted by Gasteiger charge is 2.37. The molecule has 7 heteroatoms. The van der Waals surface area contributed by atoms with Gasteiger partial charge in [0, 0.05) is 11.5 Å². The van der Waals surface area contributed by atoms with Gasteiger partial charge in [-0.05, 0) is 48.4 Å². The van der Waals surface area contributed by atoms with Gasteiger partial charge in [-0.1, -0.05) is 32.6 Å². The lowest BCUT2D eigenvalue weighted by Crippen LogP contribution is -2.34. The number of ether oxygens (including phenoxy) is 2. The fourth-order valence-electron chi connectivity index (χ4n) is 4.34. The van der Waals surface area contributed by atoms with Crippen molar-refractivity contribution in [2.75, 3.05) is 13.2 Å². The predicted octanol–water partition coefficient (Wildman–Crippen LogP) is 6.52. The summed E-state index contributed by atoms with van der Waals surface area (Å²) in [4.78, 5) is 0. The van der Waals surface area contributed by atoms with Gasteiger partial charge in [-0.15, -0.1) is 0 Å². The van der Waals surface area contributed by atoms with E-state index in [1.165, 1.54) is 25.7 Å². The molecule has 2 aliphatic rings. The van der Waals surface area contributed by atoms with Crippen molar-refractivity contribution < 1.29 is 27.0 Å². The molecule has 0 amide bonds. The van der Waals surface area contributed by atoms with E-state index in [-0.39, 0.29) is 11.5 Å². The second-order valence-electron chi connectivity index (χ2n) is 7.69. The zero-order valence-electron chi connectivity index (χ0n) is 15.3. The quantitative estimate of drug-likeness (QED) is 0.408. The standard InChI is InChI=1S/C20H25ClF4O2/c1-2-3-12-4-6-13(7-5-12)15-10-26-19(27-11-15)14-8-16(22)18(17(23)9-14)20(21,24)25/h8-9,12-13,15,19H,2-7,10-11H2,1H3. The molecule has 0 spiro atoms. The van der Waals surface area contributed by atoms with E-state index in [1.807, 2.05) is 0 Å². The summed E-state index contributed by atoms with van der Waals surface area (Å²) in [7, 11) is 0. The van der Waals surface area contributed by atoms with Crippen molar-refractivity contribution in [3.05, 3.63) is 34.9 Å². The minimum absolute atomic E-state index is 0.0415. The van der Waals surface area contributed by atoms with Crippen LogP contribution in [0.25, 0.3) is 0 Å². The minimum atomic E-state index is -4.11. The second-order valence-corrected chi connectivity index (χ2v) is 8.16. The van der Waals surface area contributed by atoms with Crippen LogP contribution in [0, 0.1) is 29.4 Å². The van der Waals surface area contributed by atoms with Crippen molar-refractivity contribution in [2.24, 2.45) is 17.8 Å². The lowest BCUT2D eigenvalue weighted by molar-refractivity contribution is -0.215. The lowest BCUT2D eigenvalue weighted by atomic mass is 9.75. The Morgan fingerprint density at radius 3 is 2.04 bits per heavy atom. The maximum absolute atomic E-state index is 13.9. The number of halogens is 5. The number of alkyl halides is 3. The Morgan fingerprint density at radius 2 is 1.56 bits per heavy atom. The molecule has 0 atom stereocenters. The first-order chi connectivity index (χ1) is 12.8. The monoisotopic (exact) mass is 408 g/mol. The van der Waals surface area contributed by atoms with E-state index in [1.54, 1.807) is 0 Å². The Morgan fingerprint density at radius 1 is 1.00 bits per heavy atom. The van der Waals surface area contributed by atoms with Crippen LogP contribution in [-0.2, 0) is 14.9 Å². The van der Waals surface area contributed by atoms with E-state index >= 15 is 0 Å². The molecule has 1 aromatic carbocycles. The minimum Gasteiger partial charge on any atom is -0.348 e. The van der Waals surface area contributed by atoms with E-state index in [0.717, 1.165) is 30.9 Å². The van der Waals surface area contributed by atoms with Crippen molar-refractivity contribution in [1.29, 1.82) is 0 Å². The molecule has 0 radical (unpaired) electrons. The van der Waals surface area contributed by atoms with Gasteiger partial charge in [-0.3, -0.25) is 0 Å². The van der Waals surface area contributed by atoms with Gasteiger partial charge < -0.3 is 9.47 Å². The molecule has 1 heterocycles. The summed E-state index contributed by atoms with van der Waals surface area (Å²) in [6.45, 7) is 3.08. The Kier molecular flexibility index (Phi) is 6.70. The van der Waals surface area contributed by atoms with Crippen LogP contribution >= 0.6 is 11.6 Å². The molecule has 0 bridgehead atoms. The van der Waals surface area contributed by atoms with E-state index in [4.69, 9.17) is 21.1 Å². The van der Waals surface area contributed by atoms with Crippen LogP contribution in [0.3, 0.4) is 0 Å². The van der Waals surface area contributed by atoms with E-state index < -0.39 is 28.9 Å². The molecule has 0 N–H and O–H groups in total. The van der Waals surface area contributed by atoms with Crippen LogP contribution in [-0.4, -0.2) is 13.2 Å². The first kappa shape index (κ1) is 20.9. The number of rotatable bonds is 5. The Bertz CT molecular complexity index is 610.